The van der Waals surface area contributed by atoms with E-state index in [0.717, 1.165) is 36.7 Å². The van der Waals surface area contributed by atoms with Crippen molar-refractivity contribution in [1.29, 1.82) is 0 Å². The van der Waals surface area contributed by atoms with Gasteiger partial charge in [-0.25, -0.2) is 4.98 Å². The number of nitrogens with two attached hydrogens (primary N) is 1. The first-order valence-corrected chi connectivity index (χ1v) is 5.71. The number of anilines is 2. The van der Waals surface area contributed by atoms with Crippen LogP contribution in [0.5, 0.6) is 0 Å². The molecule has 0 aliphatic carbocycles. The van der Waals surface area contributed by atoms with Gasteiger partial charge in [-0.05, 0) is 52.5 Å². The smallest absolute Gasteiger partial charge is 0.149 e. The molecule has 4 nitrogen and oxygen atoms in total. The highest BCUT2D eigenvalue weighted by molar-refractivity contribution is 5.61. The quantitative estimate of drug-likeness (QED) is 0.720. The lowest BCUT2D eigenvalue weighted by Gasteiger charge is -2.11. The van der Waals surface area contributed by atoms with E-state index in [0.29, 0.717) is 0 Å². The van der Waals surface area contributed by atoms with Crippen molar-refractivity contribution in [2.75, 3.05) is 38.2 Å². The van der Waals surface area contributed by atoms with Crippen LogP contribution < -0.4 is 11.1 Å². The number of unbranched alkanes of at least 4 members (excludes halogenated alkanes) is 1. The van der Waals surface area contributed by atoms with Crippen LogP contribution in [0.1, 0.15) is 18.5 Å². The Morgan fingerprint density at radius 2 is 2.06 bits per heavy atom. The van der Waals surface area contributed by atoms with Gasteiger partial charge in [0.2, 0.25) is 0 Å². The van der Waals surface area contributed by atoms with E-state index < -0.39 is 0 Å². The van der Waals surface area contributed by atoms with E-state index in [-0.39, 0.29) is 0 Å². The second-order valence-corrected chi connectivity index (χ2v) is 4.33. The van der Waals surface area contributed by atoms with Crippen LogP contribution in [0, 0.1) is 6.92 Å². The number of hydrogen-bond donors (Lipinski definition) is 2. The third-order valence-corrected chi connectivity index (χ3v) is 2.39. The van der Waals surface area contributed by atoms with Crippen LogP contribution in [-0.2, 0) is 0 Å². The Labute approximate surface area is 97.9 Å². The molecular formula is C12H22N4. The largest absolute Gasteiger partial charge is 0.396 e. The van der Waals surface area contributed by atoms with Gasteiger partial charge in [-0.2, -0.15) is 0 Å². The summed E-state index contributed by atoms with van der Waals surface area (Å²) in [5.41, 5.74) is 7.53. The Balaban J connectivity index is 2.29. The summed E-state index contributed by atoms with van der Waals surface area (Å²) in [5.74, 6) is 0.810. The summed E-state index contributed by atoms with van der Waals surface area (Å²) in [5, 5.41) is 3.27. The second-order valence-electron chi connectivity index (χ2n) is 4.33. The molecule has 0 aliphatic heterocycles. The average molecular weight is 222 g/mol. The van der Waals surface area contributed by atoms with Crippen LogP contribution in [0.3, 0.4) is 0 Å². The third-order valence-electron chi connectivity index (χ3n) is 2.39. The minimum Gasteiger partial charge on any atom is -0.396 e. The van der Waals surface area contributed by atoms with Crippen molar-refractivity contribution in [3.63, 3.8) is 0 Å². The molecule has 0 radical (unpaired) electrons. The molecule has 1 rings (SSSR count). The van der Waals surface area contributed by atoms with Gasteiger partial charge in [-0.3, -0.25) is 0 Å². The average Bonchev–Trinajstić information content (AvgIpc) is 2.22. The first kappa shape index (κ1) is 12.8. The summed E-state index contributed by atoms with van der Waals surface area (Å²) in [6, 6.07) is 3.82. The highest BCUT2D eigenvalue weighted by Gasteiger charge is 1.99. The molecule has 0 aliphatic rings. The van der Waals surface area contributed by atoms with Crippen LogP contribution >= 0.6 is 0 Å². The third kappa shape index (κ3) is 4.49. The van der Waals surface area contributed by atoms with E-state index in [4.69, 9.17) is 5.73 Å². The maximum atomic E-state index is 5.82. The molecule has 0 fully saturated rings. The minimum absolute atomic E-state index is 0.721. The fraction of sp³-hybridized carbons (Fsp3) is 0.583. The Morgan fingerprint density at radius 3 is 2.75 bits per heavy atom. The van der Waals surface area contributed by atoms with Gasteiger partial charge in [0.25, 0.3) is 0 Å². The second kappa shape index (κ2) is 6.33. The summed E-state index contributed by atoms with van der Waals surface area (Å²) in [4.78, 5) is 6.55. The lowest BCUT2D eigenvalue weighted by atomic mass is 10.3. The molecule has 1 aromatic heterocycles. The summed E-state index contributed by atoms with van der Waals surface area (Å²) in [6.45, 7) is 4.02. The zero-order valence-electron chi connectivity index (χ0n) is 10.5. The molecule has 0 spiro atoms. The van der Waals surface area contributed by atoms with E-state index >= 15 is 0 Å². The molecule has 0 saturated heterocycles. The Kier molecular flexibility index (Phi) is 5.05. The molecule has 1 aromatic rings. The van der Waals surface area contributed by atoms with Crippen LogP contribution in [0.4, 0.5) is 11.5 Å². The van der Waals surface area contributed by atoms with Crippen molar-refractivity contribution >= 4 is 11.5 Å². The number of nitrogen functional groups attached to an aromatic ring is 1. The van der Waals surface area contributed by atoms with E-state index in [1.165, 1.54) is 6.42 Å². The van der Waals surface area contributed by atoms with E-state index in [2.05, 4.69) is 29.3 Å². The Morgan fingerprint density at radius 1 is 1.31 bits per heavy atom. The molecule has 0 atom stereocenters. The number of rotatable bonds is 6. The summed E-state index contributed by atoms with van der Waals surface area (Å²) in [7, 11) is 4.18. The zero-order chi connectivity index (χ0) is 12.0. The van der Waals surface area contributed by atoms with Crippen molar-refractivity contribution in [2.24, 2.45) is 0 Å². The number of pyridine rings is 1. The molecule has 3 N–H and O–H groups in total. The predicted octanol–water partition coefficient (Wildman–Crippen LogP) is 1.73. The SMILES string of the molecule is Cc1ccc(N)c(NCCCCN(C)C)n1. The Hall–Kier alpha value is -1.29. The molecule has 0 aromatic carbocycles. The summed E-state index contributed by atoms with van der Waals surface area (Å²) < 4.78 is 0. The number of nitrogens with one attached hydrogen (secondary N) is 1. The summed E-state index contributed by atoms with van der Waals surface area (Å²) in [6.07, 6.45) is 2.32. The van der Waals surface area contributed by atoms with Crippen LogP contribution in [0.2, 0.25) is 0 Å². The fourth-order valence-corrected chi connectivity index (χ4v) is 1.47. The first-order chi connectivity index (χ1) is 7.59. The van der Waals surface area contributed by atoms with Gasteiger partial charge < -0.3 is 16.0 Å². The highest BCUT2D eigenvalue weighted by atomic mass is 15.0. The monoisotopic (exact) mass is 222 g/mol. The number of hydrogen-bond acceptors (Lipinski definition) is 4. The zero-order valence-corrected chi connectivity index (χ0v) is 10.5. The molecule has 0 bridgehead atoms. The van der Waals surface area contributed by atoms with Crippen molar-refractivity contribution in [2.45, 2.75) is 19.8 Å². The molecule has 90 valence electrons. The Bertz CT molecular complexity index is 323. The van der Waals surface area contributed by atoms with Gasteiger partial charge in [0, 0.05) is 12.2 Å². The molecule has 16 heavy (non-hydrogen) atoms. The molecular weight excluding hydrogens is 200 g/mol. The van der Waals surface area contributed by atoms with Crippen molar-refractivity contribution in [1.82, 2.24) is 9.88 Å². The van der Waals surface area contributed by atoms with Gasteiger partial charge in [0.1, 0.15) is 5.82 Å². The summed E-state index contributed by atoms with van der Waals surface area (Å²) >= 11 is 0. The molecule has 4 heteroatoms. The topological polar surface area (TPSA) is 54.2 Å². The fourth-order valence-electron chi connectivity index (χ4n) is 1.47. The standard InChI is InChI=1S/C12H22N4/c1-10-6-7-11(13)12(15-10)14-8-4-5-9-16(2)3/h6-7H,4-5,8-9,13H2,1-3H3,(H,14,15). The minimum atomic E-state index is 0.721. The van der Waals surface area contributed by atoms with Crippen molar-refractivity contribution in [3.05, 3.63) is 17.8 Å². The lowest BCUT2D eigenvalue weighted by Crippen LogP contribution is -2.14. The lowest BCUT2D eigenvalue weighted by molar-refractivity contribution is 0.396. The number of aryl methyl sites for hydroxylation is 1. The van der Waals surface area contributed by atoms with Crippen LogP contribution in [-0.4, -0.2) is 37.1 Å². The number of aromatic nitrogens is 1. The van der Waals surface area contributed by atoms with Gasteiger partial charge >= 0.3 is 0 Å². The van der Waals surface area contributed by atoms with E-state index in [1.54, 1.807) is 0 Å². The maximum absolute atomic E-state index is 5.82. The molecule has 0 saturated carbocycles. The predicted molar refractivity (Wildman–Crippen MR) is 69.7 cm³/mol. The maximum Gasteiger partial charge on any atom is 0.149 e. The first-order valence-electron chi connectivity index (χ1n) is 5.71. The van der Waals surface area contributed by atoms with Gasteiger partial charge in [0.05, 0.1) is 5.69 Å². The van der Waals surface area contributed by atoms with E-state index in [9.17, 15) is 0 Å². The highest BCUT2D eigenvalue weighted by Crippen LogP contribution is 2.15. The van der Waals surface area contributed by atoms with E-state index in [1.807, 2.05) is 19.1 Å². The van der Waals surface area contributed by atoms with Crippen molar-refractivity contribution < 1.29 is 0 Å². The van der Waals surface area contributed by atoms with Gasteiger partial charge in [-0.1, -0.05) is 0 Å². The molecule has 1 heterocycles. The molecule has 0 unspecified atom stereocenters. The van der Waals surface area contributed by atoms with Crippen molar-refractivity contribution in [3.8, 4) is 0 Å². The van der Waals surface area contributed by atoms with Gasteiger partial charge in [-0.15, -0.1) is 0 Å². The molecule has 0 amide bonds. The van der Waals surface area contributed by atoms with Crippen LogP contribution in [0.25, 0.3) is 0 Å². The number of nitrogens with zero attached hydrogens (tertiary/aromatic N) is 2. The normalized spacial score (nSPS) is 10.8. The van der Waals surface area contributed by atoms with Gasteiger partial charge in [0.15, 0.2) is 0 Å². The van der Waals surface area contributed by atoms with Crippen LogP contribution in [0.15, 0.2) is 12.1 Å².